The number of rotatable bonds is 6. The summed E-state index contributed by atoms with van der Waals surface area (Å²) < 4.78 is 19.6. The third-order valence-corrected chi connectivity index (χ3v) is 4.11. The molecule has 1 aromatic rings. The van der Waals surface area contributed by atoms with Gasteiger partial charge in [0.05, 0.1) is 11.6 Å². The number of halogens is 4. The van der Waals surface area contributed by atoms with E-state index in [2.05, 4.69) is 16.8 Å². The highest BCUT2D eigenvalue weighted by atomic mass is 35.5. The summed E-state index contributed by atoms with van der Waals surface area (Å²) in [6.07, 6.45) is 0.795. The zero-order valence-corrected chi connectivity index (χ0v) is 16.5. The maximum atomic E-state index is 14.3. The molecule has 1 aliphatic rings. The molecule has 1 N–H and O–H groups in total. The molecule has 1 atom stereocenters. The molecule has 24 heavy (non-hydrogen) atoms. The monoisotopic (exact) mass is 398 g/mol. The van der Waals surface area contributed by atoms with Crippen LogP contribution in [0.25, 0.3) is 0 Å². The topological polar surface area (TPSA) is 24.5 Å². The molecular weight excluding hydrogens is 374 g/mol. The Morgan fingerprint density at radius 2 is 2.00 bits per heavy atom. The largest absolute Gasteiger partial charge is 0.489 e. The third-order valence-electron chi connectivity index (χ3n) is 3.83. The molecule has 1 heterocycles. The Balaban J connectivity index is 0.00000264. The van der Waals surface area contributed by atoms with Crippen molar-refractivity contribution in [2.45, 2.75) is 26.3 Å². The van der Waals surface area contributed by atoms with Crippen LogP contribution in [0.1, 0.15) is 31.9 Å². The molecule has 3 nitrogen and oxygen atoms in total. The van der Waals surface area contributed by atoms with Gasteiger partial charge in [-0.15, -0.1) is 31.4 Å². The van der Waals surface area contributed by atoms with Gasteiger partial charge < -0.3 is 10.1 Å². The van der Waals surface area contributed by atoms with Gasteiger partial charge in [-0.2, -0.15) is 0 Å². The standard InChI is InChI=1S/C17H24ClFN2O.2ClH/c1-4-22-17-14(18)10-13(11-15(17)19)16(9-12(2)3)21-7-5-20-6-8-21;;/h10-11,16,20H,2,4-9H2,1,3H3;2*1H/t16-;;/m1../s1. The van der Waals surface area contributed by atoms with Gasteiger partial charge in [-0.1, -0.05) is 17.2 Å². The number of nitrogens with one attached hydrogen (secondary N) is 1. The highest BCUT2D eigenvalue weighted by Gasteiger charge is 2.24. The van der Waals surface area contributed by atoms with Crippen molar-refractivity contribution in [3.63, 3.8) is 0 Å². The number of nitrogens with zero attached hydrogens (tertiary/aromatic N) is 1. The van der Waals surface area contributed by atoms with E-state index in [4.69, 9.17) is 16.3 Å². The first-order valence-electron chi connectivity index (χ1n) is 7.73. The molecule has 2 rings (SSSR count). The van der Waals surface area contributed by atoms with Gasteiger partial charge >= 0.3 is 0 Å². The number of ether oxygens (including phenoxy) is 1. The Morgan fingerprint density at radius 3 is 2.50 bits per heavy atom. The lowest BCUT2D eigenvalue weighted by Crippen LogP contribution is -2.45. The molecule has 0 amide bonds. The van der Waals surface area contributed by atoms with Crippen LogP contribution in [0, 0.1) is 5.82 Å². The molecule has 1 fully saturated rings. The van der Waals surface area contributed by atoms with Crippen molar-refractivity contribution in [3.05, 3.63) is 40.7 Å². The van der Waals surface area contributed by atoms with Crippen LogP contribution < -0.4 is 10.1 Å². The van der Waals surface area contributed by atoms with Gasteiger partial charge in [-0.3, -0.25) is 4.90 Å². The van der Waals surface area contributed by atoms with Crippen LogP contribution in [0.5, 0.6) is 5.75 Å². The maximum absolute atomic E-state index is 14.3. The van der Waals surface area contributed by atoms with Crippen molar-refractivity contribution < 1.29 is 9.13 Å². The molecule has 0 bridgehead atoms. The quantitative estimate of drug-likeness (QED) is 0.706. The summed E-state index contributed by atoms with van der Waals surface area (Å²) >= 11 is 6.21. The first-order valence-corrected chi connectivity index (χ1v) is 8.11. The maximum Gasteiger partial charge on any atom is 0.173 e. The molecular formula is C17H26Cl3FN2O. The summed E-state index contributed by atoms with van der Waals surface area (Å²) in [4.78, 5) is 2.36. The van der Waals surface area contributed by atoms with Gasteiger partial charge in [-0.05, 0) is 38.0 Å². The minimum atomic E-state index is -0.397. The lowest BCUT2D eigenvalue weighted by atomic mass is 9.97. The Morgan fingerprint density at radius 1 is 1.38 bits per heavy atom. The second-order valence-corrected chi connectivity index (χ2v) is 6.12. The van der Waals surface area contributed by atoms with E-state index in [1.54, 1.807) is 6.07 Å². The fraction of sp³-hybridized carbons (Fsp3) is 0.529. The van der Waals surface area contributed by atoms with Gasteiger partial charge in [0.2, 0.25) is 0 Å². The second kappa shape index (κ2) is 11.2. The highest BCUT2D eigenvalue weighted by Crippen LogP contribution is 2.35. The Hall–Kier alpha value is -0.520. The Bertz CT molecular complexity index is 514. The van der Waals surface area contributed by atoms with Crippen molar-refractivity contribution in [1.29, 1.82) is 0 Å². The minimum absolute atomic E-state index is 0. The second-order valence-electron chi connectivity index (χ2n) is 5.71. The average molecular weight is 400 g/mol. The SMILES string of the molecule is C=C(C)C[C@H](c1cc(F)c(OCC)c(Cl)c1)N1CCNCC1.Cl.Cl. The Kier molecular flexibility index (Phi) is 10.9. The number of piperazine rings is 1. The fourth-order valence-electron chi connectivity index (χ4n) is 2.84. The summed E-state index contributed by atoms with van der Waals surface area (Å²) in [6, 6.07) is 3.47. The molecule has 138 valence electrons. The molecule has 1 aromatic carbocycles. The van der Waals surface area contributed by atoms with E-state index in [-0.39, 0.29) is 36.6 Å². The molecule has 0 aliphatic carbocycles. The van der Waals surface area contributed by atoms with Gasteiger partial charge in [0, 0.05) is 32.2 Å². The van der Waals surface area contributed by atoms with Crippen LogP contribution in [0.4, 0.5) is 4.39 Å². The summed E-state index contributed by atoms with van der Waals surface area (Å²) in [7, 11) is 0. The average Bonchev–Trinajstić information content (AvgIpc) is 2.49. The normalized spacial score (nSPS) is 15.8. The molecule has 1 saturated heterocycles. The van der Waals surface area contributed by atoms with Gasteiger partial charge in [0.15, 0.2) is 11.6 Å². The van der Waals surface area contributed by atoms with Crippen molar-refractivity contribution in [2.75, 3.05) is 32.8 Å². The molecule has 0 spiro atoms. The van der Waals surface area contributed by atoms with E-state index >= 15 is 0 Å². The minimum Gasteiger partial charge on any atom is -0.489 e. The van der Waals surface area contributed by atoms with E-state index in [9.17, 15) is 4.39 Å². The van der Waals surface area contributed by atoms with Crippen LogP contribution in [-0.4, -0.2) is 37.7 Å². The van der Waals surface area contributed by atoms with E-state index < -0.39 is 5.82 Å². The van der Waals surface area contributed by atoms with Crippen LogP contribution in [0.2, 0.25) is 5.02 Å². The van der Waals surface area contributed by atoms with Gasteiger partial charge in [-0.25, -0.2) is 4.39 Å². The zero-order chi connectivity index (χ0) is 16.1. The van der Waals surface area contributed by atoms with Crippen LogP contribution in [-0.2, 0) is 0 Å². The number of benzene rings is 1. The van der Waals surface area contributed by atoms with E-state index in [1.165, 1.54) is 0 Å². The van der Waals surface area contributed by atoms with Crippen molar-refractivity contribution in [2.24, 2.45) is 0 Å². The summed E-state index contributed by atoms with van der Waals surface area (Å²) in [5.74, 6) is -0.256. The smallest absolute Gasteiger partial charge is 0.173 e. The van der Waals surface area contributed by atoms with Crippen LogP contribution >= 0.6 is 36.4 Å². The number of hydrogen-bond donors (Lipinski definition) is 1. The third kappa shape index (κ3) is 6.08. The molecule has 0 saturated carbocycles. The summed E-state index contributed by atoms with van der Waals surface area (Å²) in [6.45, 7) is 12.0. The molecule has 0 unspecified atom stereocenters. The van der Waals surface area contributed by atoms with Crippen molar-refractivity contribution >= 4 is 36.4 Å². The molecule has 0 aromatic heterocycles. The predicted molar refractivity (Wildman–Crippen MR) is 104 cm³/mol. The fourth-order valence-corrected chi connectivity index (χ4v) is 3.11. The summed E-state index contributed by atoms with van der Waals surface area (Å²) in [5, 5.41) is 3.67. The first-order chi connectivity index (χ1) is 10.5. The first kappa shape index (κ1) is 23.5. The van der Waals surface area contributed by atoms with Gasteiger partial charge in [0.25, 0.3) is 0 Å². The zero-order valence-electron chi connectivity index (χ0n) is 14.1. The number of hydrogen-bond acceptors (Lipinski definition) is 3. The summed E-state index contributed by atoms with van der Waals surface area (Å²) in [5.41, 5.74) is 1.96. The molecule has 7 heteroatoms. The van der Waals surface area contributed by atoms with E-state index in [0.29, 0.717) is 11.6 Å². The highest BCUT2D eigenvalue weighted by molar-refractivity contribution is 6.32. The lowest BCUT2D eigenvalue weighted by molar-refractivity contribution is 0.172. The molecule has 1 aliphatic heterocycles. The Labute approximate surface area is 161 Å². The predicted octanol–water partition coefficient (Wildman–Crippen LogP) is 4.63. The van der Waals surface area contributed by atoms with Crippen molar-refractivity contribution in [3.8, 4) is 5.75 Å². The van der Waals surface area contributed by atoms with E-state index in [1.807, 2.05) is 19.9 Å². The van der Waals surface area contributed by atoms with Crippen LogP contribution in [0.15, 0.2) is 24.3 Å². The van der Waals surface area contributed by atoms with Crippen LogP contribution in [0.3, 0.4) is 0 Å². The van der Waals surface area contributed by atoms with Gasteiger partial charge in [0.1, 0.15) is 0 Å². The lowest BCUT2D eigenvalue weighted by Gasteiger charge is -2.35. The van der Waals surface area contributed by atoms with Crippen molar-refractivity contribution in [1.82, 2.24) is 10.2 Å². The van der Waals surface area contributed by atoms with E-state index in [0.717, 1.165) is 43.7 Å². The molecule has 0 radical (unpaired) electrons.